The van der Waals surface area contributed by atoms with E-state index in [2.05, 4.69) is 39.6 Å². The first-order valence-corrected chi connectivity index (χ1v) is 9.73. The van der Waals surface area contributed by atoms with E-state index in [0.29, 0.717) is 6.54 Å². The van der Waals surface area contributed by atoms with Gasteiger partial charge >= 0.3 is 6.09 Å². The van der Waals surface area contributed by atoms with Gasteiger partial charge in [0.25, 0.3) is 0 Å². The number of amides is 1. The molecule has 2 atom stereocenters. The molecule has 0 radical (unpaired) electrons. The van der Waals surface area contributed by atoms with Gasteiger partial charge in [0.05, 0.1) is 6.61 Å². The molecule has 1 aliphatic heterocycles. The van der Waals surface area contributed by atoms with Crippen LogP contribution in [-0.4, -0.2) is 30.9 Å². The number of benzene rings is 1. The van der Waals surface area contributed by atoms with Gasteiger partial charge in [-0.2, -0.15) is 0 Å². The van der Waals surface area contributed by atoms with Gasteiger partial charge in [-0.25, -0.2) is 4.79 Å². The first-order chi connectivity index (χ1) is 11.8. The summed E-state index contributed by atoms with van der Waals surface area (Å²) in [5.41, 5.74) is 0.695. The summed E-state index contributed by atoms with van der Waals surface area (Å²) < 4.78 is 12.2. The highest BCUT2D eigenvalue weighted by Crippen LogP contribution is 2.34. The summed E-state index contributed by atoms with van der Waals surface area (Å²) in [5.74, 6) is 0.930. The molecule has 2 N–H and O–H groups in total. The Morgan fingerprint density at radius 2 is 2.20 bits per heavy atom. The largest absolute Gasteiger partial charge is 0.493 e. The zero-order valence-electron chi connectivity index (χ0n) is 15.5. The van der Waals surface area contributed by atoms with E-state index in [9.17, 15) is 4.79 Å². The van der Waals surface area contributed by atoms with Crippen molar-refractivity contribution in [3.05, 3.63) is 28.2 Å². The van der Waals surface area contributed by atoms with Gasteiger partial charge < -0.3 is 20.1 Å². The van der Waals surface area contributed by atoms with E-state index in [1.54, 1.807) is 0 Å². The molecule has 0 aromatic heterocycles. The Morgan fingerprint density at radius 3 is 2.88 bits per heavy atom. The van der Waals surface area contributed by atoms with Gasteiger partial charge in [0.2, 0.25) is 0 Å². The van der Waals surface area contributed by atoms with Crippen LogP contribution in [0.1, 0.15) is 58.6 Å². The zero-order chi connectivity index (χ0) is 18.4. The third kappa shape index (κ3) is 6.51. The van der Waals surface area contributed by atoms with Crippen molar-refractivity contribution in [2.24, 2.45) is 0 Å². The summed E-state index contributed by atoms with van der Waals surface area (Å²) in [4.78, 5) is 11.9. The van der Waals surface area contributed by atoms with Crippen molar-refractivity contribution in [1.82, 2.24) is 10.6 Å². The summed E-state index contributed by atoms with van der Waals surface area (Å²) in [5, 5.41) is 6.54. The summed E-state index contributed by atoms with van der Waals surface area (Å²) in [7, 11) is 0. The normalized spacial score (nSPS) is 18.5. The van der Waals surface area contributed by atoms with Gasteiger partial charge in [-0.1, -0.05) is 28.9 Å². The lowest BCUT2D eigenvalue weighted by Crippen LogP contribution is -2.43. The number of alkyl carbamates (subject to hydrolysis) is 1. The van der Waals surface area contributed by atoms with Gasteiger partial charge in [0.15, 0.2) is 0 Å². The highest BCUT2D eigenvalue weighted by Gasteiger charge is 2.23. The van der Waals surface area contributed by atoms with E-state index in [1.165, 1.54) is 5.56 Å². The summed E-state index contributed by atoms with van der Waals surface area (Å²) in [6.07, 6.45) is 2.55. The number of carbonyl (C=O) groups is 1. The lowest BCUT2D eigenvalue weighted by Gasteiger charge is -2.26. The second-order valence-corrected chi connectivity index (χ2v) is 8.30. The van der Waals surface area contributed by atoms with Crippen LogP contribution in [-0.2, 0) is 4.74 Å². The van der Waals surface area contributed by atoms with Gasteiger partial charge in [0.1, 0.15) is 11.4 Å². The average molecular weight is 413 g/mol. The molecular weight excluding hydrogens is 384 g/mol. The second kappa shape index (κ2) is 8.90. The Balaban J connectivity index is 1.98. The number of fused-ring (bicyclic) bond motifs is 1. The highest BCUT2D eigenvalue weighted by atomic mass is 79.9. The molecule has 1 aromatic carbocycles. The Kier molecular flexibility index (Phi) is 7.14. The number of hydrogen-bond acceptors (Lipinski definition) is 4. The van der Waals surface area contributed by atoms with E-state index in [4.69, 9.17) is 9.47 Å². The third-order valence-electron chi connectivity index (χ3n) is 4.07. The van der Waals surface area contributed by atoms with E-state index in [-0.39, 0.29) is 18.2 Å². The lowest BCUT2D eigenvalue weighted by atomic mass is 10.0. The Labute approximate surface area is 159 Å². The van der Waals surface area contributed by atoms with E-state index < -0.39 is 5.60 Å². The molecule has 6 heteroatoms. The van der Waals surface area contributed by atoms with Gasteiger partial charge in [-0.05, 0) is 52.2 Å². The first kappa shape index (κ1) is 20.0. The Bertz CT molecular complexity index is 587. The van der Waals surface area contributed by atoms with Crippen molar-refractivity contribution in [1.29, 1.82) is 0 Å². The minimum atomic E-state index is -0.482. The second-order valence-electron chi connectivity index (χ2n) is 7.38. The molecule has 1 aliphatic rings. The summed E-state index contributed by atoms with van der Waals surface area (Å²) >= 11 is 3.50. The lowest BCUT2D eigenvalue weighted by molar-refractivity contribution is 0.0521. The van der Waals surface area contributed by atoms with Crippen molar-refractivity contribution in [2.75, 3.05) is 13.2 Å². The molecule has 0 aliphatic carbocycles. The molecule has 0 bridgehead atoms. The maximum absolute atomic E-state index is 11.9. The molecule has 1 amide bonds. The number of nitrogens with one attached hydrogen (secondary N) is 2. The molecule has 0 saturated carbocycles. The molecule has 25 heavy (non-hydrogen) atoms. The van der Waals surface area contributed by atoms with Crippen LogP contribution in [0.25, 0.3) is 0 Å². The van der Waals surface area contributed by atoms with E-state index in [1.807, 2.05) is 32.9 Å². The third-order valence-corrected chi connectivity index (χ3v) is 4.56. The van der Waals surface area contributed by atoms with Crippen molar-refractivity contribution in [2.45, 2.75) is 64.6 Å². The molecule has 1 aromatic rings. The van der Waals surface area contributed by atoms with Crippen LogP contribution in [0.15, 0.2) is 22.7 Å². The average Bonchev–Trinajstić information content (AvgIpc) is 2.71. The predicted molar refractivity (Wildman–Crippen MR) is 103 cm³/mol. The number of halogens is 1. The minimum absolute atomic E-state index is 0.173. The number of hydrogen-bond donors (Lipinski definition) is 2. The topological polar surface area (TPSA) is 59.6 Å². The van der Waals surface area contributed by atoms with Crippen LogP contribution >= 0.6 is 15.9 Å². The molecule has 140 valence electrons. The summed E-state index contributed by atoms with van der Waals surface area (Å²) in [6, 6.07) is 6.57. The van der Waals surface area contributed by atoms with Crippen LogP contribution in [0.3, 0.4) is 0 Å². The molecule has 0 fully saturated rings. The van der Waals surface area contributed by atoms with E-state index >= 15 is 0 Å². The molecule has 2 unspecified atom stereocenters. The van der Waals surface area contributed by atoms with Gasteiger partial charge in [0, 0.05) is 28.7 Å². The van der Waals surface area contributed by atoms with Crippen molar-refractivity contribution < 1.29 is 14.3 Å². The van der Waals surface area contributed by atoms with Crippen molar-refractivity contribution in [3.63, 3.8) is 0 Å². The van der Waals surface area contributed by atoms with Crippen LogP contribution < -0.4 is 15.4 Å². The standard InChI is InChI=1S/C19H29BrN2O3/c1-5-14(12-21-18(23)25-19(2,3)4)22-16-7-6-10-24-17-11-13(20)8-9-15(16)17/h8-9,11,14,16,22H,5-7,10,12H2,1-4H3,(H,21,23). The summed E-state index contributed by atoms with van der Waals surface area (Å²) in [6.45, 7) is 8.97. The molecule has 0 spiro atoms. The molecule has 0 saturated heterocycles. The fraction of sp³-hybridized carbons (Fsp3) is 0.632. The van der Waals surface area contributed by atoms with Crippen LogP contribution in [0, 0.1) is 0 Å². The molecule has 2 rings (SSSR count). The predicted octanol–water partition coefficient (Wildman–Crippen LogP) is 4.56. The van der Waals surface area contributed by atoms with Crippen LogP contribution in [0.5, 0.6) is 5.75 Å². The van der Waals surface area contributed by atoms with Gasteiger partial charge in [-0.3, -0.25) is 0 Å². The molecule has 1 heterocycles. The van der Waals surface area contributed by atoms with Gasteiger partial charge in [-0.15, -0.1) is 0 Å². The molecule has 5 nitrogen and oxygen atoms in total. The smallest absolute Gasteiger partial charge is 0.407 e. The fourth-order valence-corrected chi connectivity index (χ4v) is 3.19. The Hall–Kier alpha value is -1.27. The SMILES string of the molecule is CCC(CNC(=O)OC(C)(C)C)NC1CCCOc2cc(Br)ccc21. The monoisotopic (exact) mass is 412 g/mol. The highest BCUT2D eigenvalue weighted by molar-refractivity contribution is 9.10. The minimum Gasteiger partial charge on any atom is -0.493 e. The maximum atomic E-state index is 11.9. The molecular formula is C19H29BrN2O3. The van der Waals surface area contributed by atoms with Crippen LogP contribution in [0.4, 0.5) is 4.79 Å². The van der Waals surface area contributed by atoms with Crippen LogP contribution in [0.2, 0.25) is 0 Å². The van der Waals surface area contributed by atoms with Crippen molar-refractivity contribution >= 4 is 22.0 Å². The van der Waals surface area contributed by atoms with E-state index in [0.717, 1.165) is 36.1 Å². The fourth-order valence-electron chi connectivity index (χ4n) is 2.85. The zero-order valence-corrected chi connectivity index (χ0v) is 17.1. The Morgan fingerprint density at radius 1 is 1.44 bits per heavy atom. The number of carbonyl (C=O) groups excluding carboxylic acids is 1. The number of ether oxygens (including phenoxy) is 2. The number of rotatable bonds is 5. The quantitative estimate of drug-likeness (QED) is 0.743. The van der Waals surface area contributed by atoms with Crippen molar-refractivity contribution in [3.8, 4) is 5.75 Å². The maximum Gasteiger partial charge on any atom is 0.407 e. The first-order valence-electron chi connectivity index (χ1n) is 8.93.